The molecule has 2 heterocycles. The van der Waals surface area contributed by atoms with Crippen LogP contribution in [0.2, 0.25) is 0 Å². The number of fused-ring (bicyclic) bond motifs is 1. The molecule has 1 aliphatic rings. The number of thioether (sulfide) groups is 2. The molecule has 1 aliphatic heterocycles. The van der Waals surface area contributed by atoms with Gasteiger partial charge in [-0.1, -0.05) is 71.5 Å². The van der Waals surface area contributed by atoms with Crippen molar-refractivity contribution in [1.82, 2.24) is 0 Å². The van der Waals surface area contributed by atoms with Crippen molar-refractivity contribution in [3.05, 3.63) is 40.1 Å². The lowest BCUT2D eigenvalue weighted by Crippen LogP contribution is -2.20. The highest BCUT2D eigenvalue weighted by Gasteiger charge is 2.35. The van der Waals surface area contributed by atoms with Crippen LogP contribution in [0.25, 0.3) is 0 Å². The van der Waals surface area contributed by atoms with E-state index in [-0.39, 0.29) is 16.3 Å². The molecule has 0 saturated carbocycles. The van der Waals surface area contributed by atoms with Crippen LogP contribution >= 0.6 is 34.9 Å². The lowest BCUT2D eigenvalue weighted by Gasteiger charge is -2.27. The minimum absolute atomic E-state index is 0.167. The van der Waals surface area contributed by atoms with E-state index in [2.05, 4.69) is 41.5 Å². The first kappa shape index (κ1) is 18.2. The molecule has 0 amide bonds. The Labute approximate surface area is 158 Å². The van der Waals surface area contributed by atoms with Crippen molar-refractivity contribution in [2.75, 3.05) is 5.75 Å². The smallest absolute Gasteiger partial charge is 0.158 e. The monoisotopic (exact) mass is 378 g/mol. The maximum absolute atomic E-state index is 6.22. The summed E-state index contributed by atoms with van der Waals surface area (Å²) in [7, 11) is 0. The maximum atomic E-state index is 6.22. The number of benzene rings is 1. The molecule has 3 rings (SSSR count). The first-order chi connectivity index (χ1) is 11.2. The minimum Gasteiger partial charge on any atom is -0.479 e. The summed E-state index contributed by atoms with van der Waals surface area (Å²) in [6.07, 6.45) is 0. The summed E-state index contributed by atoms with van der Waals surface area (Å²) >= 11 is 5.88. The van der Waals surface area contributed by atoms with Crippen molar-refractivity contribution in [3.8, 4) is 5.75 Å². The predicted octanol–water partition coefficient (Wildman–Crippen LogP) is 6.95. The Morgan fingerprint density at radius 2 is 1.46 bits per heavy atom. The van der Waals surface area contributed by atoms with Crippen LogP contribution in [0.15, 0.2) is 40.1 Å². The second-order valence-electron chi connectivity index (χ2n) is 8.21. The first-order valence-electron chi connectivity index (χ1n) is 8.35. The van der Waals surface area contributed by atoms with Crippen LogP contribution in [-0.4, -0.2) is 11.2 Å². The summed E-state index contributed by atoms with van der Waals surface area (Å²) in [6.45, 7) is 13.9. The van der Waals surface area contributed by atoms with E-state index in [1.54, 1.807) is 0 Å². The molecular weight excluding hydrogens is 352 g/mol. The Hall–Kier alpha value is -0.580. The van der Waals surface area contributed by atoms with Crippen molar-refractivity contribution in [2.24, 2.45) is 0 Å². The van der Waals surface area contributed by atoms with Crippen LogP contribution in [-0.2, 0) is 10.8 Å². The molecule has 0 fully saturated rings. The van der Waals surface area contributed by atoms with E-state index < -0.39 is 0 Å². The van der Waals surface area contributed by atoms with Crippen molar-refractivity contribution in [1.29, 1.82) is 0 Å². The molecule has 0 bridgehead atoms. The zero-order valence-electron chi connectivity index (χ0n) is 15.3. The third kappa shape index (κ3) is 3.81. The second-order valence-corrected chi connectivity index (χ2v) is 11.4. The van der Waals surface area contributed by atoms with Gasteiger partial charge in [-0.3, -0.25) is 0 Å². The molecule has 0 N–H and O–H groups in total. The number of ether oxygens (including phenoxy) is 1. The van der Waals surface area contributed by atoms with Gasteiger partial charge in [0, 0.05) is 25.3 Å². The molecule has 2 aromatic rings. The summed E-state index contributed by atoms with van der Waals surface area (Å²) in [4.78, 5) is 5.98. The summed E-state index contributed by atoms with van der Waals surface area (Å²) < 4.78 is 6.22. The SMILES string of the molecule is CC(C)(C)c1sc(C(C)(C)C)c2c1SCC(Oc1ccccc1)S2. The zero-order valence-corrected chi connectivity index (χ0v) is 17.8. The van der Waals surface area contributed by atoms with Gasteiger partial charge in [0.25, 0.3) is 0 Å². The van der Waals surface area contributed by atoms with Gasteiger partial charge in [-0.2, -0.15) is 0 Å². The molecule has 4 heteroatoms. The lowest BCUT2D eigenvalue weighted by molar-refractivity contribution is 0.310. The van der Waals surface area contributed by atoms with Crippen LogP contribution < -0.4 is 4.74 Å². The largest absolute Gasteiger partial charge is 0.479 e. The number of thiophene rings is 1. The highest BCUT2D eigenvalue weighted by atomic mass is 32.2. The molecule has 1 nitrogen and oxygen atoms in total. The second kappa shape index (κ2) is 6.62. The average Bonchev–Trinajstić information content (AvgIpc) is 2.87. The molecule has 1 atom stereocenters. The van der Waals surface area contributed by atoms with Crippen molar-refractivity contribution < 1.29 is 4.74 Å². The van der Waals surface area contributed by atoms with Crippen molar-refractivity contribution in [3.63, 3.8) is 0 Å². The Kier molecular flexibility index (Phi) is 5.03. The maximum Gasteiger partial charge on any atom is 0.158 e. The van der Waals surface area contributed by atoms with Crippen molar-refractivity contribution in [2.45, 2.75) is 67.6 Å². The van der Waals surface area contributed by atoms with Gasteiger partial charge in [-0.25, -0.2) is 0 Å². The zero-order chi connectivity index (χ0) is 17.5. The van der Waals surface area contributed by atoms with E-state index in [0.29, 0.717) is 0 Å². The van der Waals surface area contributed by atoms with Gasteiger partial charge >= 0.3 is 0 Å². The predicted molar refractivity (Wildman–Crippen MR) is 109 cm³/mol. The molecule has 1 aromatic heterocycles. The van der Waals surface area contributed by atoms with Gasteiger partial charge in [0.1, 0.15) is 5.75 Å². The molecule has 0 aliphatic carbocycles. The molecule has 0 saturated heterocycles. The Bertz CT molecular complexity index is 705. The molecule has 0 radical (unpaired) electrons. The molecular formula is C20H26OS3. The lowest BCUT2D eigenvalue weighted by atomic mass is 9.93. The fourth-order valence-corrected chi connectivity index (χ4v) is 7.44. The van der Waals surface area contributed by atoms with E-state index >= 15 is 0 Å². The van der Waals surface area contributed by atoms with Gasteiger partial charge in [0.15, 0.2) is 5.44 Å². The summed E-state index contributed by atoms with van der Waals surface area (Å²) in [5, 5.41) is 0. The normalized spacial score (nSPS) is 18.3. The average molecular weight is 379 g/mol. The number of para-hydroxylation sites is 1. The Balaban J connectivity index is 1.93. The number of hydrogen-bond acceptors (Lipinski definition) is 4. The van der Waals surface area contributed by atoms with Crippen LogP contribution in [0.1, 0.15) is 51.3 Å². The standard InChI is InChI=1S/C20H26OS3/c1-19(2,3)17-15-16(18(24-17)20(4,5)6)23-14(12-22-15)21-13-10-8-7-9-11-13/h7-11,14H,12H2,1-6H3. The van der Waals surface area contributed by atoms with E-state index in [1.165, 1.54) is 19.5 Å². The summed E-state index contributed by atoms with van der Waals surface area (Å²) in [5.41, 5.74) is 0.535. The molecule has 1 aromatic carbocycles. The molecule has 1 unspecified atom stereocenters. The van der Waals surface area contributed by atoms with Crippen molar-refractivity contribution >= 4 is 34.9 Å². The van der Waals surface area contributed by atoms with Gasteiger partial charge in [-0.05, 0) is 23.0 Å². The fourth-order valence-electron chi connectivity index (χ4n) is 2.65. The van der Waals surface area contributed by atoms with Crippen LogP contribution in [0.4, 0.5) is 0 Å². The van der Waals surface area contributed by atoms with E-state index in [9.17, 15) is 0 Å². The summed E-state index contributed by atoms with van der Waals surface area (Å²) in [5.74, 6) is 1.96. The van der Waals surface area contributed by atoms with Gasteiger partial charge in [0.2, 0.25) is 0 Å². The highest BCUT2D eigenvalue weighted by Crippen LogP contribution is 2.54. The van der Waals surface area contributed by atoms with E-state index in [1.807, 2.05) is 65.2 Å². The Morgan fingerprint density at radius 3 is 2.04 bits per heavy atom. The van der Waals surface area contributed by atoms with Gasteiger partial charge in [0.05, 0.1) is 0 Å². The van der Waals surface area contributed by atoms with E-state index in [4.69, 9.17) is 4.74 Å². The summed E-state index contributed by atoms with van der Waals surface area (Å²) in [6, 6.07) is 10.2. The van der Waals surface area contributed by atoms with Crippen LogP contribution in [0.3, 0.4) is 0 Å². The third-order valence-electron chi connectivity index (χ3n) is 3.81. The molecule has 0 spiro atoms. The quantitative estimate of drug-likeness (QED) is 0.560. The fraction of sp³-hybridized carbons (Fsp3) is 0.500. The highest BCUT2D eigenvalue weighted by molar-refractivity contribution is 8.06. The van der Waals surface area contributed by atoms with Gasteiger partial charge < -0.3 is 4.74 Å². The molecule has 130 valence electrons. The topological polar surface area (TPSA) is 9.23 Å². The van der Waals surface area contributed by atoms with E-state index in [0.717, 1.165) is 11.5 Å². The first-order valence-corrected chi connectivity index (χ1v) is 11.0. The van der Waals surface area contributed by atoms with Gasteiger partial charge in [-0.15, -0.1) is 23.1 Å². The third-order valence-corrected chi connectivity index (χ3v) is 8.78. The Morgan fingerprint density at radius 1 is 0.875 bits per heavy atom. The number of hydrogen-bond donors (Lipinski definition) is 0. The van der Waals surface area contributed by atoms with Crippen LogP contribution in [0, 0.1) is 0 Å². The number of rotatable bonds is 2. The minimum atomic E-state index is 0.167. The van der Waals surface area contributed by atoms with Crippen LogP contribution in [0.5, 0.6) is 5.75 Å². The molecule has 24 heavy (non-hydrogen) atoms.